The largest absolute Gasteiger partial charge is 0.450 e. The molecule has 0 unspecified atom stereocenters. The van der Waals surface area contributed by atoms with Gasteiger partial charge >= 0.3 is 6.09 Å². The van der Waals surface area contributed by atoms with Crippen molar-refractivity contribution in [3.8, 4) is 0 Å². The number of piperidine rings is 1. The molecule has 2 N–H and O–H groups in total. The fourth-order valence-corrected chi connectivity index (χ4v) is 3.40. The molecule has 150 valence electrons. The number of pyridine rings is 1. The lowest BCUT2D eigenvalue weighted by atomic mass is 10.1. The summed E-state index contributed by atoms with van der Waals surface area (Å²) in [5.41, 5.74) is 0.965. The van der Waals surface area contributed by atoms with Gasteiger partial charge in [0.15, 0.2) is 5.96 Å². The van der Waals surface area contributed by atoms with Gasteiger partial charge in [-0.2, -0.15) is 0 Å². The summed E-state index contributed by atoms with van der Waals surface area (Å²) in [5, 5.41) is 9.11. The van der Waals surface area contributed by atoms with Crippen LogP contribution >= 0.6 is 0 Å². The number of fused-ring (bicyclic) bond motifs is 1. The lowest BCUT2D eigenvalue weighted by molar-refractivity contribution is 0.0963. The van der Waals surface area contributed by atoms with Gasteiger partial charge in [-0.15, -0.1) is 0 Å². The van der Waals surface area contributed by atoms with Gasteiger partial charge in [-0.05, 0) is 38.1 Å². The molecule has 0 saturated carbocycles. The topological polar surface area (TPSA) is 78.9 Å². The highest BCUT2D eigenvalue weighted by Gasteiger charge is 2.24. The van der Waals surface area contributed by atoms with E-state index in [0.29, 0.717) is 26.2 Å². The Kier molecular flexibility index (Phi) is 7.06. The number of likely N-dealkylation sites (tertiary alicyclic amines) is 1. The van der Waals surface area contributed by atoms with Crippen LogP contribution in [0.2, 0.25) is 0 Å². The first kappa shape index (κ1) is 19.9. The zero-order chi connectivity index (χ0) is 19.8. The van der Waals surface area contributed by atoms with Crippen molar-refractivity contribution < 1.29 is 9.53 Å². The Labute approximate surface area is 166 Å². The maximum absolute atomic E-state index is 11.8. The molecule has 1 amide bonds. The van der Waals surface area contributed by atoms with E-state index in [4.69, 9.17) is 9.73 Å². The second-order valence-corrected chi connectivity index (χ2v) is 6.78. The molecule has 3 rings (SSSR count). The van der Waals surface area contributed by atoms with Gasteiger partial charge in [0.2, 0.25) is 0 Å². The van der Waals surface area contributed by atoms with Gasteiger partial charge in [0.1, 0.15) is 0 Å². The number of hydrogen-bond acceptors (Lipinski definition) is 4. The van der Waals surface area contributed by atoms with E-state index >= 15 is 0 Å². The maximum Gasteiger partial charge on any atom is 0.409 e. The SMILES string of the molecule is CCNC(=NCc1nccc2ccccc12)NC1CCN(C(=O)OCC)CC1. The normalized spacial score (nSPS) is 15.5. The summed E-state index contributed by atoms with van der Waals surface area (Å²) >= 11 is 0. The number of carbonyl (C=O) groups is 1. The average molecular weight is 383 g/mol. The maximum atomic E-state index is 11.8. The number of hydrogen-bond donors (Lipinski definition) is 2. The number of aliphatic imine (C=N–C) groups is 1. The van der Waals surface area contributed by atoms with Crippen molar-refractivity contribution >= 4 is 22.8 Å². The summed E-state index contributed by atoms with van der Waals surface area (Å²) < 4.78 is 5.08. The van der Waals surface area contributed by atoms with E-state index in [0.717, 1.165) is 36.4 Å². The molecule has 0 radical (unpaired) electrons. The van der Waals surface area contributed by atoms with Crippen LogP contribution in [0, 0.1) is 0 Å². The third-order valence-electron chi connectivity index (χ3n) is 4.85. The third kappa shape index (κ3) is 5.12. The fraction of sp³-hybridized carbons (Fsp3) is 0.476. The first-order valence-corrected chi connectivity index (χ1v) is 10.0. The molecule has 0 bridgehead atoms. The van der Waals surface area contributed by atoms with Gasteiger partial charge < -0.3 is 20.3 Å². The predicted octanol–water partition coefficient (Wildman–Crippen LogP) is 2.91. The molecule has 7 heteroatoms. The molecule has 1 aromatic heterocycles. The monoisotopic (exact) mass is 383 g/mol. The van der Waals surface area contributed by atoms with Crippen LogP contribution in [-0.4, -0.2) is 54.2 Å². The number of amides is 1. The Bertz CT molecular complexity index is 810. The van der Waals surface area contributed by atoms with Crippen molar-refractivity contribution in [1.29, 1.82) is 0 Å². The van der Waals surface area contributed by atoms with Crippen molar-refractivity contribution in [2.75, 3.05) is 26.2 Å². The Morgan fingerprint density at radius 2 is 2.04 bits per heavy atom. The Balaban J connectivity index is 1.61. The number of rotatable bonds is 5. The summed E-state index contributed by atoms with van der Waals surface area (Å²) in [6.45, 7) is 6.99. The molecule has 0 atom stereocenters. The van der Waals surface area contributed by atoms with E-state index < -0.39 is 0 Å². The van der Waals surface area contributed by atoms with Gasteiger partial charge in [0.25, 0.3) is 0 Å². The summed E-state index contributed by atoms with van der Waals surface area (Å²) in [7, 11) is 0. The van der Waals surface area contributed by atoms with E-state index in [-0.39, 0.29) is 12.1 Å². The summed E-state index contributed by atoms with van der Waals surface area (Å²) in [6.07, 6.45) is 3.35. The summed E-state index contributed by atoms with van der Waals surface area (Å²) in [4.78, 5) is 22.9. The zero-order valence-electron chi connectivity index (χ0n) is 16.6. The van der Waals surface area contributed by atoms with Crippen LogP contribution in [0.5, 0.6) is 0 Å². The Morgan fingerprint density at radius 1 is 1.25 bits per heavy atom. The van der Waals surface area contributed by atoms with Crippen molar-refractivity contribution in [2.24, 2.45) is 4.99 Å². The highest BCUT2D eigenvalue weighted by molar-refractivity contribution is 5.85. The quantitative estimate of drug-likeness (QED) is 0.613. The van der Waals surface area contributed by atoms with Crippen LogP contribution in [0.1, 0.15) is 32.4 Å². The molecule has 0 spiro atoms. The number of benzene rings is 1. The lowest BCUT2D eigenvalue weighted by Crippen LogP contribution is -2.49. The van der Waals surface area contributed by atoms with Crippen LogP contribution < -0.4 is 10.6 Å². The van der Waals surface area contributed by atoms with Crippen molar-refractivity contribution in [3.63, 3.8) is 0 Å². The first-order chi connectivity index (χ1) is 13.7. The molecule has 28 heavy (non-hydrogen) atoms. The predicted molar refractivity (Wildman–Crippen MR) is 111 cm³/mol. The van der Waals surface area contributed by atoms with E-state index in [2.05, 4.69) is 34.7 Å². The number of guanidine groups is 1. The van der Waals surface area contributed by atoms with E-state index in [1.807, 2.05) is 31.3 Å². The number of carbonyl (C=O) groups excluding carboxylic acids is 1. The number of nitrogens with one attached hydrogen (secondary N) is 2. The smallest absolute Gasteiger partial charge is 0.409 e. The van der Waals surface area contributed by atoms with Crippen LogP contribution in [0.4, 0.5) is 4.79 Å². The second kappa shape index (κ2) is 9.92. The second-order valence-electron chi connectivity index (χ2n) is 6.78. The fourth-order valence-electron chi connectivity index (χ4n) is 3.40. The molecule has 2 aromatic rings. The third-order valence-corrected chi connectivity index (χ3v) is 4.85. The molecular formula is C21H29N5O2. The van der Waals surface area contributed by atoms with Gasteiger partial charge in [0, 0.05) is 37.3 Å². The molecule has 1 aromatic carbocycles. The molecule has 1 aliphatic rings. The van der Waals surface area contributed by atoms with Crippen LogP contribution in [0.25, 0.3) is 10.8 Å². The minimum Gasteiger partial charge on any atom is -0.450 e. The van der Waals surface area contributed by atoms with E-state index in [1.165, 1.54) is 5.39 Å². The molecular weight excluding hydrogens is 354 g/mol. The van der Waals surface area contributed by atoms with Crippen molar-refractivity contribution in [2.45, 2.75) is 39.3 Å². The molecule has 7 nitrogen and oxygen atoms in total. The van der Waals surface area contributed by atoms with Gasteiger partial charge in [0.05, 0.1) is 18.8 Å². The highest BCUT2D eigenvalue weighted by Crippen LogP contribution is 2.17. The van der Waals surface area contributed by atoms with E-state index in [9.17, 15) is 4.79 Å². The minimum atomic E-state index is -0.219. The van der Waals surface area contributed by atoms with Gasteiger partial charge in [-0.25, -0.2) is 9.79 Å². The highest BCUT2D eigenvalue weighted by atomic mass is 16.6. The standard InChI is InChI=1S/C21H29N5O2/c1-3-22-20(25-17-10-13-26(14-11-17)21(27)28-4-2)24-15-19-18-8-6-5-7-16(18)9-12-23-19/h5-9,12,17H,3-4,10-11,13-15H2,1-2H3,(H2,22,24,25). The summed E-state index contributed by atoms with van der Waals surface area (Å²) in [6, 6.07) is 10.5. The average Bonchev–Trinajstić information content (AvgIpc) is 2.73. The van der Waals surface area contributed by atoms with Crippen LogP contribution in [0.15, 0.2) is 41.5 Å². The molecule has 1 saturated heterocycles. The van der Waals surface area contributed by atoms with Gasteiger partial charge in [-0.3, -0.25) is 4.98 Å². The first-order valence-electron chi connectivity index (χ1n) is 10.0. The molecule has 1 aliphatic heterocycles. The van der Waals surface area contributed by atoms with Crippen molar-refractivity contribution in [3.05, 3.63) is 42.2 Å². The van der Waals surface area contributed by atoms with Gasteiger partial charge in [-0.1, -0.05) is 24.3 Å². The molecule has 2 heterocycles. The minimum absolute atomic E-state index is 0.219. The Morgan fingerprint density at radius 3 is 2.79 bits per heavy atom. The number of aromatic nitrogens is 1. The molecule has 1 fully saturated rings. The van der Waals surface area contributed by atoms with Crippen molar-refractivity contribution in [1.82, 2.24) is 20.5 Å². The number of nitrogens with zero attached hydrogens (tertiary/aromatic N) is 3. The Hall–Kier alpha value is -2.83. The van der Waals surface area contributed by atoms with Crippen LogP contribution in [-0.2, 0) is 11.3 Å². The summed E-state index contributed by atoms with van der Waals surface area (Å²) in [5.74, 6) is 0.784. The molecule has 0 aliphatic carbocycles. The lowest BCUT2D eigenvalue weighted by Gasteiger charge is -2.32. The van der Waals surface area contributed by atoms with Crippen LogP contribution in [0.3, 0.4) is 0 Å². The zero-order valence-corrected chi connectivity index (χ0v) is 16.6. The number of ether oxygens (including phenoxy) is 1. The van der Waals surface area contributed by atoms with E-state index in [1.54, 1.807) is 4.90 Å².